The SMILES string of the molecule is O=C(NC1(C(F)(F)F)CC1)c1cnc(Cl)c2ccccc12. The first-order valence-corrected chi connectivity index (χ1v) is 6.64. The van der Waals surface area contributed by atoms with Crippen LogP contribution in [-0.4, -0.2) is 22.6 Å². The van der Waals surface area contributed by atoms with Gasteiger partial charge in [-0.3, -0.25) is 4.79 Å². The highest BCUT2D eigenvalue weighted by Gasteiger charge is 2.64. The molecule has 1 saturated carbocycles. The number of nitrogens with zero attached hydrogens (tertiary/aromatic N) is 1. The van der Waals surface area contributed by atoms with Crippen molar-refractivity contribution >= 4 is 28.3 Å². The van der Waals surface area contributed by atoms with Gasteiger partial charge in [0.25, 0.3) is 5.91 Å². The Morgan fingerprint density at radius 2 is 1.86 bits per heavy atom. The van der Waals surface area contributed by atoms with Gasteiger partial charge >= 0.3 is 6.18 Å². The Balaban J connectivity index is 1.98. The molecule has 1 aliphatic carbocycles. The number of carbonyl (C=O) groups excluding carboxylic acids is 1. The molecule has 0 aliphatic heterocycles. The molecule has 3 nitrogen and oxygen atoms in total. The lowest BCUT2D eigenvalue weighted by Gasteiger charge is -2.21. The molecule has 2 aromatic rings. The minimum Gasteiger partial charge on any atom is -0.338 e. The summed E-state index contributed by atoms with van der Waals surface area (Å²) in [5, 5.41) is 3.31. The van der Waals surface area contributed by atoms with E-state index in [0.717, 1.165) is 0 Å². The number of nitrogens with one attached hydrogen (secondary N) is 1. The topological polar surface area (TPSA) is 42.0 Å². The second kappa shape index (κ2) is 4.59. The van der Waals surface area contributed by atoms with Crippen LogP contribution in [0.4, 0.5) is 13.2 Å². The van der Waals surface area contributed by atoms with Gasteiger partial charge < -0.3 is 5.32 Å². The number of carbonyl (C=O) groups is 1. The summed E-state index contributed by atoms with van der Waals surface area (Å²) in [6.07, 6.45) is -3.44. The minimum absolute atomic E-state index is 0.0884. The summed E-state index contributed by atoms with van der Waals surface area (Å²) < 4.78 is 38.7. The number of benzene rings is 1. The van der Waals surface area contributed by atoms with Crippen molar-refractivity contribution in [1.29, 1.82) is 0 Å². The number of halogens is 4. The van der Waals surface area contributed by atoms with E-state index in [2.05, 4.69) is 10.3 Å². The molecule has 0 spiro atoms. The largest absolute Gasteiger partial charge is 0.411 e. The standard InChI is InChI=1S/C14H10ClF3N2O/c15-11-9-4-2-1-3-8(9)10(7-19-11)12(21)20-13(5-6-13)14(16,17)18/h1-4,7H,5-6H2,(H,20,21). The minimum atomic E-state index is -4.45. The molecule has 1 amide bonds. The second-order valence-electron chi connectivity index (χ2n) is 5.04. The van der Waals surface area contributed by atoms with Crippen LogP contribution in [-0.2, 0) is 0 Å². The summed E-state index contributed by atoms with van der Waals surface area (Å²) in [5.74, 6) is -0.787. The summed E-state index contributed by atoms with van der Waals surface area (Å²) in [7, 11) is 0. The monoisotopic (exact) mass is 314 g/mol. The van der Waals surface area contributed by atoms with Gasteiger partial charge in [0.15, 0.2) is 0 Å². The van der Waals surface area contributed by atoms with Gasteiger partial charge in [0.05, 0.1) is 5.56 Å². The summed E-state index contributed by atoms with van der Waals surface area (Å²) in [5.41, 5.74) is -2.00. The zero-order valence-corrected chi connectivity index (χ0v) is 11.4. The molecule has 0 atom stereocenters. The first-order valence-electron chi connectivity index (χ1n) is 6.26. The predicted octanol–water partition coefficient (Wildman–Crippen LogP) is 3.71. The maximum Gasteiger partial charge on any atom is 0.411 e. The molecule has 110 valence electrons. The molecule has 7 heteroatoms. The van der Waals surface area contributed by atoms with E-state index in [4.69, 9.17) is 11.6 Å². The van der Waals surface area contributed by atoms with Crippen LogP contribution in [0.3, 0.4) is 0 Å². The van der Waals surface area contributed by atoms with Crippen LogP contribution in [0.5, 0.6) is 0 Å². The first kappa shape index (κ1) is 14.1. The smallest absolute Gasteiger partial charge is 0.338 e. The van der Waals surface area contributed by atoms with Crippen LogP contribution in [0.25, 0.3) is 10.8 Å². The van der Waals surface area contributed by atoms with Crippen molar-refractivity contribution in [2.45, 2.75) is 24.6 Å². The molecule has 1 N–H and O–H groups in total. The Hall–Kier alpha value is -1.82. The third-order valence-electron chi connectivity index (χ3n) is 3.64. The number of hydrogen-bond donors (Lipinski definition) is 1. The fraction of sp³-hybridized carbons (Fsp3) is 0.286. The molecule has 1 aliphatic rings. The molecule has 1 fully saturated rings. The van der Waals surface area contributed by atoms with E-state index in [0.29, 0.717) is 10.8 Å². The highest BCUT2D eigenvalue weighted by atomic mass is 35.5. The molecular weight excluding hydrogens is 305 g/mol. The zero-order chi connectivity index (χ0) is 15.3. The molecule has 0 unspecified atom stereocenters. The van der Waals surface area contributed by atoms with Gasteiger partial charge in [0.2, 0.25) is 0 Å². The van der Waals surface area contributed by atoms with Gasteiger partial charge in [-0.1, -0.05) is 35.9 Å². The highest BCUT2D eigenvalue weighted by molar-refractivity contribution is 6.34. The number of amides is 1. The van der Waals surface area contributed by atoms with Crippen LogP contribution >= 0.6 is 11.6 Å². The van der Waals surface area contributed by atoms with Crippen molar-refractivity contribution in [2.75, 3.05) is 0 Å². The van der Waals surface area contributed by atoms with Crippen LogP contribution < -0.4 is 5.32 Å². The maximum atomic E-state index is 12.9. The third kappa shape index (κ3) is 2.33. The number of rotatable bonds is 2. The fourth-order valence-electron chi connectivity index (χ4n) is 2.23. The summed E-state index contributed by atoms with van der Waals surface area (Å²) in [6.45, 7) is 0. The average molecular weight is 315 g/mol. The van der Waals surface area contributed by atoms with Gasteiger partial charge in [-0.25, -0.2) is 4.98 Å². The fourth-order valence-corrected chi connectivity index (χ4v) is 2.44. The van der Waals surface area contributed by atoms with Gasteiger partial charge in [-0.05, 0) is 18.2 Å². The van der Waals surface area contributed by atoms with Gasteiger partial charge in [0.1, 0.15) is 10.7 Å². The summed E-state index contributed by atoms with van der Waals surface area (Å²) >= 11 is 5.93. The number of hydrogen-bond acceptors (Lipinski definition) is 2. The second-order valence-corrected chi connectivity index (χ2v) is 5.40. The molecular formula is C14H10ClF3N2O. The van der Waals surface area contributed by atoms with Crippen molar-refractivity contribution < 1.29 is 18.0 Å². The Morgan fingerprint density at radius 1 is 1.24 bits per heavy atom. The number of alkyl halides is 3. The van der Waals surface area contributed by atoms with Crippen molar-refractivity contribution in [1.82, 2.24) is 10.3 Å². The Labute approximate surface area is 123 Å². The van der Waals surface area contributed by atoms with Crippen LogP contribution in [0.2, 0.25) is 5.15 Å². The highest BCUT2D eigenvalue weighted by Crippen LogP contribution is 2.49. The van der Waals surface area contributed by atoms with Crippen molar-refractivity contribution in [3.63, 3.8) is 0 Å². The van der Waals surface area contributed by atoms with E-state index >= 15 is 0 Å². The first-order chi connectivity index (χ1) is 9.84. The van der Waals surface area contributed by atoms with Crippen molar-refractivity contribution in [3.8, 4) is 0 Å². The third-order valence-corrected chi connectivity index (χ3v) is 3.94. The average Bonchev–Trinajstić information content (AvgIpc) is 3.20. The molecule has 0 saturated heterocycles. The predicted molar refractivity (Wildman–Crippen MR) is 72.2 cm³/mol. The molecule has 0 bridgehead atoms. The van der Waals surface area contributed by atoms with E-state index in [1.165, 1.54) is 6.20 Å². The van der Waals surface area contributed by atoms with E-state index in [1.54, 1.807) is 24.3 Å². The maximum absolute atomic E-state index is 12.9. The summed E-state index contributed by atoms with van der Waals surface area (Å²) in [4.78, 5) is 16.0. The number of pyridine rings is 1. The van der Waals surface area contributed by atoms with Crippen molar-refractivity contribution in [2.24, 2.45) is 0 Å². The van der Waals surface area contributed by atoms with Gasteiger partial charge in [-0.2, -0.15) is 13.2 Å². The summed E-state index contributed by atoms with van der Waals surface area (Å²) in [6, 6.07) is 6.70. The number of fused-ring (bicyclic) bond motifs is 1. The Bertz CT molecular complexity index is 726. The van der Waals surface area contributed by atoms with E-state index in [9.17, 15) is 18.0 Å². The van der Waals surface area contributed by atoms with Gasteiger partial charge in [-0.15, -0.1) is 0 Å². The van der Waals surface area contributed by atoms with Crippen LogP contribution in [0, 0.1) is 0 Å². The molecule has 1 heterocycles. The molecule has 21 heavy (non-hydrogen) atoms. The lowest BCUT2D eigenvalue weighted by atomic mass is 10.1. The number of aromatic nitrogens is 1. The van der Waals surface area contributed by atoms with Gasteiger partial charge in [0, 0.05) is 11.6 Å². The normalized spacial score (nSPS) is 16.8. The lowest BCUT2D eigenvalue weighted by Crippen LogP contribution is -2.47. The van der Waals surface area contributed by atoms with Crippen molar-refractivity contribution in [3.05, 3.63) is 41.2 Å². The van der Waals surface area contributed by atoms with Crippen LogP contribution in [0.1, 0.15) is 23.2 Å². The van der Waals surface area contributed by atoms with E-state index in [1.807, 2.05) is 0 Å². The van der Waals surface area contributed by atoms with Crippen LogP contribution in [0.15, 0.2) is 30.5 Å². The Kier molecular flexibility index (Phi) is 3.09. The molecule has 0 radical (unpaired) electrons. The lowest BCUT2D eigenvalue weighted by molar-refractivity contribution is -0.163. The molecule has 1 aromatic carbocycles. The molecule has 3 rings (SSSR count). The van der Waals surface area contributed by atoms with E-state index in [-0.39, 0.29) is 23.6 Å². The zero-order valence-electron chi connectivity index (χ0n) is 10.7. The molecule has 1 aromatic heterocycles. The van der Waals surface area contributed by atoms with E-state index < -0.39 is 17.6 Å². The quantitative estimate of drug-likeness (QED) is 0.859. The Morgan fingerprint density at radius 3 is 2.43 bits per heavy atom.